The van der Waals surface area contributed by atoms with Crippen molar-refractivity contribution in [3.63, 3.8) is 0 Å². The lowest BCUT2D eigenvalue weighted by Crippen LogP contribution is -2.30. The lowest BCUT2D eigenvalue weighted by atomic mass is 9.88. The number of benzene rings is 3. The Morgan fingerprint density at radius 3 is 2.52 bits per heavy atom. The molecule has 3 heterocycles. The van der Waals surface area contributed by atoms with E-state index in [9.17, 15) is 0 Å². The molecule has 3 aromatic heterocycles. The van der Waals surface area contributed by atoms with Gasteiger partial charge < -0.3 is 4.40 Å². The fourth-order valence-corrected chi connectivity index (χ4v) is 5.46. The quantitative estimate of drug-likeness (QED) is 0.175. The molecule has 0 spiro atoms. The molecule has 0 saturated carbocycles. The van der Waals surface area contributed by atoms with Gasteiger partial charge in [0, 0.05) is 10.8 Å². The van der Waals surface area contributed by atoms with Gasteiger partial charge in [0.05, 0.1) is 34.4 Å². The smallest absolute Gasteiger partial charge is 0.287 e. The fourth-order valence-electron chi connectivity index (χ4n) is 5.46. The molecule has 31 heavy (non-hydrogen) atoms. The fraction of sp³-hybridized carbons (Fsp3) is 0.286. The van der Waals surface area contributed by atoms with Crippen LogP contribution in [0, 0.1) is 19.3 Å². The summed E-state index contributed by atoms with van der Waals surface area (Å²) >= 11 is 0. The van der Waals surface area contributed by atoms with Crippen molar-refractivity contribution in [3.05, 3.63) is 65.5 Å². The number of aryl methyl sites for hydroxylation is 3. The van der Waals surface area contributed by atoms with Crippen molar-refractivity contribution in [3.8, 4) is 0 Å². The Hall–Kier alpha value is -3.20. The highest BCUT2D eigenvalue weighted by atomic mass is 15.0. The van der Waals surface area contributed by atoms with Gasteiger partial charge in [-0.3, -0.25) is 0 Å². The Bertz CT molecular complexity index is 1660. The molecule has 0 atom stereocenters. The molecule has 6 aromatic rings. The summed E-state index contributed by atoms with van der Waals surface area (Å²) in [5.74, 6) is 0. The predicted molar refractivity (Wildman–Crippen MR) is 130 cm³/mol. The van der Waals surface area contributed by atoms with Gasteiger partial charge in [-0.1, -0.05) is 39.0 Å². The van der Waals surface area contributed by atoms with E-state index in [0.29, 0.717) is 0 Å². The average Bonchev–Trinajstić information content (AvgIpc) is 3.02. The first-order valence-corrected chi connectivity index (χ1v) is 11.1. The summed E-state index contributed by atoms with van der Waals surface area (Å²) in [6, 6.07) is 16.0. The minimum atomic E-state index is 0.254. The number of nitrogens with zero attached hydrogens (tertiary/aromatic N) is 3. The van der Waals surface area contributed by atoms with Crippen LogP contribution in [-0.4, -0.2) is 9.38 Å². The molecule has 0 radical (unpaired) electrons. The van der Waals surface area contributed by atoms with Crippen LogP contribution in [0.5, 0.6) is 0 Å². The maximum Gasteiger partial charge on any atom is 0.287 e. The summed E-state index contributed by atoms with van der Waals surface area (Å²) in [4.78, 5) is 4.75. The van der Waals surface area contributed by atoms with E-state index < -0.39 is 0 Å². The maximum atomic E-state index is 4.75. The molecule has 0 aliphatic heterocycles. The van der Waals surface area contributed by atoms with Crippen molar-refractivity contribution < 1.29 is 4.57 Å². The molecule has 0 saturated heterocycles. The normalized spacial score (nSPS) is 13.0. The van der Waals surface area contributed by atoms with E-state index in [1.165, 1.54) is 60.3 Å². The van der Waals surface area contributed by atoms with E-state index in [0.717, 1.165) is 11.9 Å². The predicted octanol–water partition coefficient (Wildman–Crippen LogP) is 6.41. The number of aromatic nitrogens is 3. The summed E-state index contributed by atoms with van der Waals surface area (Å²) in [5, 5.41) is 5.26. The molecule has 3 heteroatoms. The number of rotatable bonds is 1. The van der Waals surface area contributed by atoms with Crippen molar-refractivity contribution in [2.45, 2.75) is 41.0 Å². The largest absolute Gasteiger partial charge is 0.308 e. The van der Waals surface area contributed by atoms with Crippen molar-refractivity contribution in [2.75, 3.05) is 0 Å². The zero-order chi connectivity index (χ0) is 21.7. The summed E-state index contributed by atoms with van der Waals surface area (Å²) < 4.78 is 4.69. The van der Waals surface area contributed by atoms with Gasteiger partial charge in [-0.05, 0) is 71.6 Å². The van der Waals surface area contributed by atoms with Crippen LogP contribution in [0.2, 0.25) is 0 Å². The third kappa shape index (κ3) is 2.46. The van der Waals surface area contributed by atoms with E-state index in [1.54, 1.807) is 0 Å². The molecule has 6 rings (SSSR count). The van der Waals surface area contributed by atoms with Crippen molar-refractivity contribution in [2.24, 2.45) is 12.5 Å². The van der Waals surface area contributed by atoms with Gasteiger partial charge in [0.15, 0.2) is 5.52 Å². The van der Waals surface area contributed by atoms with E-state index in [-0.39, 0.29) is 5.41 Å². The topological polar surface area (TPSA) is 21.2 Å². The van der Waals surface area contributed by atoms with Gasteiger partial charge in [0.1, 0.15) is 5.52 Å². The van der Waals surface area contributed by atoms with Gasteiger partial charge in [-0.25, -0.2) is 4.57 Å². The number of fused-ring (bicyclic) bond motifs is 5. The van der Waals surface area contributed by atoms with Crippen LogP contribution >= 0.6 is 0 Å². The molecule has 3 aromatic carbocycles. The Morgan fingerprint density at radius 2 is 1.74 bits per heavy atom. The van der Waals surface area contributed by atoms with E-state index >= 15 is 0 Å². The number of hydrogen-bond donors (Lipinski definition) is 0. The van der Waals surface area contributed by atoms with Crippen molar-refractivity contribution in [1.82, 2.24) is 9.38 Å². The van der Waals surface area contributed by atoms with Crippen LogP contribution in [-0.2, 0) is 13.5 Å². The SMILES string of the molecule is Cc1cc2c3ccc(CC(C)(C)C)cc3n3c4cccc5nc[n+](C)c(c(c1C)c23)c54. The molecule has 3 nitrogen and oxygen atoms in total. The minimum absolute atomic E-state index is 0.254. The van der Waals surface area contributed by atoms with Gasteiger partial charge >= 0.3 is 0 Å². The number of pyridine rings is 1. The highest BCUT2D eigenvalue weighted by Crippen LogP contribution is 2.41. The zero-order valence-electron chi connectivity index (χ0n) is 19.2. The molecule has 0 aliphatic carbocycles. The van der Waals surface area contributed by atoms with E-state index in [1.807, 2.05) is 6.33 Å². The third-order valence-corrected chi connectivity index (χ3v) is 6.83. The summed E-state index contributed by atoms with van der Waals surface area (Å²) in [6.07, 6.45) is 3.02. The second-order valence-corrected chi connectivity index (χ2v) is 10.4. The van der Waals surface area contributed by atoms with Crippen molar-refractivity contribution >= 4 is 49.1 Å². The van der Waals surface area contributed by atoms with Crippen LogP contribution in [0.15, 0.2) is 48.8 Å². The van der Waals surface area contributed by atoms with Crippen LogP contribution in [0.3, 0.4) is 0 Å². The first-order chi connectivity index (χ1) is 14.7. The highest BCUT2D eigenvalue weighted by molar-refractivity contribution is 6.25. The molecule has 0 aliphatic rings. The van der Waals surface area contributed by atoms with Crippen LogP contribution in [0.4, 0.5) is 0 Å². The first kappa shape index (κ1) is 18.6. The first-order valence-electron chi connectivity index (χ1n) is 11.1. The standard InChI is InChI=1S/C28H28N3/c1-16-12-20-19-11-10-18(14-28(3,4)5)13-23(19)31-22-9-7-8-21-25(22)27(30(6)15-29-21)24(17(16)2)26(20)31/h7-13,15H,14H2,1-6H3/q+1. The zero-order valence-corrected chi connectivity index (χ0v) is 19.2. The van der Waals surface area contributed by atoms with E-state index in [4.69, 9.17) is 4.98 Å². The van der Waals surface area contributed by atoms with Crippen LogP contribution < -0.4 is 4.57 Å². The molecular weight excluding hydrogens is 378 g/mol. The molecular formula is C28H28N3+. The monoisotopic (exact) mass is 406 g/mol. The molecule has 0 amide bonds. The lowest BCUT2D eigenvalue weighted by Gasteiger charge is -2.18. The summed E-state index contributed by atoms with van der Waals surface area (Å²) in [5.41, 5.74) is 10.5. The van der Waals surface area contributed by atoms with Gasteiger partial charge in [-0.15, -0.1) is 0 Å². The molecule has 0 unspecified atom stereocenters. The molecule has 0 bridgehead atoms. The summed E-state index contributed by atoms with van der Waals surface area (Å²) in [7, 11) is 2.12. The number of hydrogen-bond acceptors (Lipinski definition) is 1. The molecule has 154 valence electrons. The van der Waals surface area contributed by atoms with Gasteiger partial charge in [0.25, 0.3) is 6.33 Å². The van der Waals surface area contributed by atoms with E-state index in [2.05, 4.69) is 93.1 Å². The Morgan fingerprint density at radius 1 is 0.935 bits per heavy atom. The molecule has 0 fully saturated rings. The molecule has 0 N–H and O–H groups in total. The second kappa shape index (κ2) is 5.94. The Kier molecular flexibility index (Phi) is 3.56. The van der Waals surface area contributed by atoms with Crippen molar-refractivity contribution in [1.29, 1.82) is 0 Å². The maximum absolute atomic E-state index is 4.75. The second-order valence-electron chi connectivity index (χ2n) is 10.4. The van der Waals surface area contributed by atoms with Crippen LogP contribution in [0.1, 0.15) is 37.5 Å². The van der Waals surface area contributed by atoms with Crippen LogP contribution in [0.25, 0.3) is 49.1 Å². The average molecular weight is 407 g/mol. The third-order valence-electron chi connectivity index (χ3n) is 6.83. The van der Waals surface area contributed by atoms with Gasteiger partial charge in [-0.2, -0.15) is 0 Å². The highest BCUT2D eigenvalue weighted by Gasteiger charge is 2.24. The Labute approximate surface area is 182 Å². The summed E-state index contributed by atoms with van der Waals surface area (Å²) in [6.45, 7) is 11.4. The minimum Gasteiger partial charge on any atom is -0.308 e. The Balaban J connectivity index is 1.95. The van der Waals surface area contributed by atoms with Gasteiger partial charge in [0.2, 0.25) is 0 Å². The lowest BCUT2D eigenvalue weighted by molar-refractivity contribution is -0.646.